The molecule has 0 spiro atoms. The number of ether oxygens (including phenoxy) is 1. The quantitative estimate of drug-likeness (QED) is 0.866. The van der Waals surface area contributed by atoms with Gasteiger partial charge in [0.1, 0.15) is 12.4 Å². The van der Waals surface area contributed by atoms with Gasteiger partial charge in [-0.2, -0.15) is 0 Å². The molecule has 1 heterocycles. The van der Waals surface area contributed by atoms with Crippen LogP contribution in [0, 0.1) is 0 Å². The zero-order chi connectivity index (χ0) is 11.5. The highest BCUT2D eigenvalue weighted by Gasteiger charge is 2.13. The van der Waals surface area contributed by atoms with Gasteiger partial charge in [0, 0.05) is 17.2 Å². The second-order valence-electron chi connectivity index (χ2n) is 3.24. The molecule has 0 unspecified atom stereocenters. The van der Waals surface area contributed by atoms with Crippen LogP contribution in [0.15, 0.2) is 28.8 Å². The van der Waals surface area contributed by atoms with Gasteiger partial charge in [-0.25, -0.2) is 4.39 Å². The fourth-order valence-electron chi connectivity index (χ4n) is 1.54. The Morgan fingerprint density at radius 3 is 2.88 bits per heavy atom. The highest BCUT2D eigenvalue weighted by molar-refractivity contribution is 5.67. The summed E-state index contributed by atoms with van der Waals surface area (Å²) in [5.41, 5.74) is 6.48. The Kier molecular flexibility index (Phi) is 2.76. The lowest BCUT2D eigenvalue weighted by Gasteiger charge is -2.08. The van der Waals surface area contributed by atoms with E-state index in [1.807, 2.05) is 0 Å². The fraction of sp³-hybridized carbons (Fsp3) is 0.182. The third-order valence-electron chi connectivity index (χ3n) is 2.28. The van der Waals surface area contributed by atoms with Crippen LogP contribution in [0.3, 0.4) is 0 Å². The topological polar surface area (TPSA) is 61.3 Å². The van der Waals surface area contributed by atoms with E-state index in [9.17, 15) is 4.39 Å². The molecule has 0 saturated heterocycles. The molecule has 2 aromatic rings. The number of nitrogens with two attached hydrogens (primary N) is 1. The molecule has 1 aromatic heterocycles. The number of aromatic nitrogens is 1. The maximum Gasteiger partial charge on any atom is 0.169 e. The molecule has 0 radical (unpaired) electrons. The number of halogens is 1. The van der Waals surface area contributed by atoms with Crippen LogP contribution in [0.2, 0.25) is 0 Å². The predicted molar refractivity (Wildman–Crippen MR) is 57.7 cm³/mol. The van der Waals surface area contributed by atoms with E-state index >= 15 is 0 Å². The molecular weight excluding hydrogens is 211 g/mol. The van der Waals surface area contributed by atoms with Gasteiger partial charge in [-0.15, -0.1) is 0 Å². The minimum absolute atomic E-state index is 0.266. The van der Waals surface area contributed by atoms with Crippen molar-refractivity contribution in [1.29, 1.82) is 0 Å². The summed E-state index contributed by atoms with van der Waals surface area (Å²) >= 11 is 0. The number of nitrogens with zero attached hydrogens (tertiary/aromatic N) is 1. The first-order valence-electron chi connectivity index (χ1n) is 4.70. The molecule has 0 saturated carbocycles. The molecule has 84 valence electrons. The SMILES string of the molecule is COc1cccc(-c2cc(N)no2)c1CF. The Morgan fingerprint density at radius 1 is 1.50 bits per heavy atom. The first-order chi connectivity index (χ1) is 7.76. The third-order valence-corrected chi connectivity index (χ3v) is 2.28. The molecule has 0 aliphatic carbocycles. The van der Waals surface area contributed by atoms with E-state index in [1.165, 1.54) is 7.11 Å². The molecule has 0 amide bonds. The van der Waals surface area contributed by atoms with Gasteiger partial charge in [0.05, 0.1) is 7.11 Å². The lowest BCUT2D eigenvalue weighted by atomic mass is 10.1. The van der Waals surface area contributed by atoms with E-state index in [4.69, 9.17) is 15.0 Å². The molecule has 1 aromatic carbocycles. The zero-order valence-electron chi connectivity index (χ0n) is 8.74. The first kappa shape index (κ1) is 10.5. The number of hydrogen-bond donors (Lipinski definition) is 1. The van der Waals surface area contributed by atoms with Gasteiger partial charge < -0.3 is 15.0 Å². The highest BCUT2D eigenvalue weighted by atomic mass is 19.1. The smallest absolute Gasteiger partial charge is 0.169 e. The van der Waals surface area contributed by atoms with Crippen molar-refractivity contribution in [2.45, 2.75) is 6.67 Å². The summed E-state index contributed by atoms with van der Waals surface area (Å²) in [4.78, 5) is 0. The van der Waals surface area contributed by atoms with Gasteiger partial charge in [-0.05, 0) is 6.07 Å². The number of hydrogen-bond acceptors (Lipinski definition) is 4. The monoisotopic (exact) mass is 222 g/mol. The van der Waals surface area contributed by atoms with Crippen molar-refractivity contribution in [3.8, 4) is 17.1 Å². The summed E-state index contributed by atoms with van der Waals surface area (Å²) in [5.74, 6) is 1.18. The predicted octanol–water partition coefficient (Wildman–Crippen LogP) is 2.40. The van der Waals surface area contributed by atoms with Gasteiger partial charge in [0.2, 0.25) is 0 Å². The van der Waals surface area contributed by atoms with Gasteiger partial charge >= 0.3 is 0 Å². The molecule has 4 nitrogen and oxygen atoms in total. The van der Waals surface area contributed by atoms with Crippen LogP contribution in [0.4, 0.5) is 10.2 Å². The van der Waals surface area contributed by atoms with Crippen molar-refractivity contribution in [2.24, 2.45) is 0 Å². The molecule has 2 N–H and O–H groups in total. The van der Waals surface area contributed by atoms with Crippen LogP contribution >= 0.6 is 0 Å². The molecule has 0 atom stereocenters. The average Bonchev–Trinajstić information content (AvgIpc) is 2.74. The molecule has 2 rings (SSSR count). The fourth-order valence-corrected chi connectivity index (χ4v) is 1.54. The Hall–Kier alpha value is -2.04. The molecule has 0 aliphatic heterocycles. The van der Waals surface area contributed by atoms with Gasteiger partial charge in [-0.1, -0.05) is 17.3 Å². The van der Waals surface area contributed by atoms with E-state index in [2.05, 4.69) is 5.16 Å². The Labute approximate surface area is 91.8 Å². The third kappa shape index (κ3) is 1.71. The zero-order valence-corrected chi connectivity index (χ0v) is 8.74. The van der Waals surface area contributed by atoms with Crippen LogP contribution in [-0.2, 0) is 6.67 Å². The second kappa shape index (κ2) is 4.22. The Morgan fingerprint density at radius 2 is 2.31 bits per heavy atom. The minimum atomic E-state index is -0.639. The van der Waals surface area contributed by atoms with Crippen molar-refractivity contribution in [1.82, 2.24) is 5.16 Å². The molecule has 0 aliphatic rings. The summed E-state index contributed by atoms with van der Waals surface area (Å²) in [6, 6.07) is 6.73. The van der Waals surface area contributed by atoms with E-state index in [1.54, 1.807) is 24.3 Å². The maximum absolute atomic E-state index is 13.0. The van der Waals surface area contributed by atoms with Crippen LogP contribution in [0.25, 0.3) is 11.3 Å². The van der Waals surface area contributed by atoms with E-state index in [-0.39, 0.29) is 5.82 Å². The number of rotatable bonds is 3. The van der Waals surface area contributed by atoms with E-state index in [0.717, 1.165) is 0 Å². The second-order valence-corrected chi connectivity index (χ2v) is 3.24. The van der Waals surface area contributed by atoms with Crippen molar-refractivity contribution in [3.63, 3.8) is 0 Å². The largest absolute Gasteiger partial charge is 0.496 e. The summed E-state index contributed by atoms with van der Waals surface area (Å²) in [7, 11) is 1.49. The van der Waals surface area contributed by atoms with Crippen LogP contribution in [0.1, 0.15) is 5.56 Å². The summed E-state index contributed by atoms with van der Waals surface area (Å²) in [5, 5.41) is 3.56. The normalized spacial score (nSPS) is 10.4. The number of alkyl halides is 1. The van der Waals surface area contributed by atoms with Crippen molar-refractivity contribution in [3.05, 3.63) is 29.8 Å². The number of methoxy groups -OCH3 is 1. The standard InChI is InChI=1S/C11H11FN2O2/c1-15-9-4-2-3-7(8(9)6-12)10-5-11(13)14-16-10/h2-5H,6H2,1H3,(H2,13,14). The van der Waals surface area contributed by atoms with Crippen LogP contribution in [-0.4, -0.2) is 12.3 Å². The maximum atomic E-state index is 13.0. The summed E-state index contributed by atoms with van der Waals surface area (Å²) < 4.78 is 23.0. The van der Waals surface area contributed by atoms with Crippen molar-refractivity contribution < 1.29 is 13.7 Å². The van der Waals surface area contributed by atoms with Gasteiger partial charge in [-0.3, -0.25) is 0 Å². The lowest BCUT2D eigenvalue weighted by Crippen LogP contribution is -1.92. The Bertz CT molecular complexity index is 496. The number of anilines is 1. The summed E-state index contributed by atoms with van der Waals surface area (Å²) in [6.07, 6.45) is 0. The number of benzene rings is 1. The number of nitrogen functional groups attached to an aromatic ring is 1. The Balaban J connectivity index is 2.56. The molecular formula is C11H11FN2O2. The highest BCUT2D eigenvalue weighted by Crippen LogP contribution is 2.32. The van der Waals surface area contributed by atoms with Crippen molar-refractivity contribution >= 4 is 5.82 Å². The molecule has 16 heavy (non-hydrogen) atoms. The lowest BCUT2D eigenvalue weighted by molar-refractivity contribution is 0.392. The van der Waals surface area contributed by atoms with E-state index < -0.39 is 6.67 Å². The van der Waals surface area contributed by atoms with Gasteiger partial charge in [0.25, 0.3) is 0 Å². The van der Waals surface area contributed by atoms with E-state index in [0.29, 0.717) is 22.6 Å². The van der Waals surface area contributed by atoms with Crippen molar-refractivity contribution in [2.75, 3.05) is 12.8 Å². The van der Waals surface area contributed by atoms with Crippen LogP contribution in [0.5, 0.6) is 5.75 Å². The molecule has 0 bridgehead atoms. The molecule has 5 heteroatoms. The molecule has 0 fully saturated rings. The first-order valence-corrected chi connectivity index (χ1v) is 4.70. The summed E-state index contributed by atoms with van der Waals surface area (Å²) in [6.45, 7) is -0.639. The average molecular weight is 222 g/mol. The minimum Gasteiger partial charge on any atom is -0.496 e. The van der Waals surface area contributed by atoms with Crippen LogP contribution < -0.4 is 10.5 Å². The van der Waals surface area contributed by atoms with Gasteiger partial charge in [0.15, 0.2) is 11.6 Å².